The molecule has 0 bridgehead atoms. The first-order valence-electron chi connectivity index (χ1n) is 6.12. The molecule has 17 heavy (non-hydrogen) atoms. The third-order valence-electron chi connectivity index (χ3n) is 2.49. The van der Waals surface area contributed by atoms with E-state index in [4.69, 9.17) is 0 Å². The molecule has 0 unspecified atom stereocenters. The fourth-order valence-corrected chi connectivity index (χ4v) is 1.72. The van der Waals surface area contributed by atoms with Gasteiger partial charge in [-0.2, -0.15) is 5.10 Å². The Balaban J connectivity index is 2.12. The predicted molar refractivity (Wildman–Crippen MR) is 67.9 cm³/mol. The van der Waals surface area contributed by atoms with Crippen molar-refractivity contribution >= 4 is 5.91 Å². The van der Waals surface area contributed by atoms with E-state index in [1.54, 1.807) is 0 Å². The van der Waals surface area contributed by atoms with E-state index in [0.29, 0.717) is 13.1 Å². The molecule has 1 heterocycles. The summed E-state index contributed by atoms with van der Waals surface area (Å²) in [6.07, 6.45) is 0.974. The highest BCUT2D eigenvalue weighted by molar-refractivity contribution is 5.77. The van der Waals surface area contributed by atoms with Gasteiger partial charge in [-0.3, -0.25) is 9.48 Å². The number of carbonyl (C=O) groups is 1. The minimum absolute atomic E-state index is 0.0543. The second-order valence-electron chi connectivity index (χ2n) is 4.13. The maximum atomic E-state index is 11.1. The summed E-state index contributed by atoms with van der Waals surface area (Å²) in [5.74, 6) is 0.0543. The van der Waals surface area contributed by atoms with E-state index in [9.17, 15) is 4.79 Å². The minimum atomic E-state index is 0.0543. The van der Waals surface area contributed by atoms with Crippen molar-refractivity contribution in [1.82, 2.24) is 20.4 Å². The predicted octanol–water partition coefficient (Wildman–Crippen LogP) is 0.616. The fraction of sp³-hybridized carbons (Fsp3) is 0.667. The molecular formula is C12H22N4O. The molecule has 0 aliphatic heterocycles. The number of hydrogen-bond acceptors (Lipinski definition) is 3. The summed E-state index contributed by atoms with van der Waals surface area (Å²) in [6.45, 7) is 8.77. The zero-order valence-corrected chi connectivity index (χ0v) is 10.9. The average molecular weight is 238 g/mol. The summed E-state index contributed by atoms with van der Waals surface area (Å²) in [7, 11) is 0. The number of rotatable bonds is 7. The van der Waals surface area contributed by atoms with Gasteiger partial charge in [0.25, 0.3) is 0 Å². The largest absolute Gasteiger partial charge is 0.355 e. The van der Waals surface area contributed by atoms with Crippen LogP contribution in [0.5, 0.6) is 0 Å². The van der Waals surface area contributed by atoms with E-state index in [1.165, 1.54) is 5.69 Å². The van der Waals surface area contributed by atoms with Gasteiger partial charge in [-0.05, 0) is 39.8 Å². The van der Waals surface area contributed by atoms with Gasteiger partial charge in [-0.1, -0.05) is 0 Å². The SMILES string of the molecule is CCNC(=O)CNCCCn1nc(C)cc1C. The molecular weight excluding hydrogens is 216 g/mol. The van der Waals surface area contributed by atoms with Crippen LogP contribution in [0.15, 0.2) is 6.07 Å². The lowest BCUT2D eigenvalue weighted by Gasteiger charge is -2.06. The van der Waals surface area contributed by atoms with Crippen LogP contribution in [0.2, 0.25) is 0 Å². The van der Waals surface area contributed by atoms with Gasteiger partial charge < -0.3 is 10.6 Å². The molecule has 1 aromatic rings. The maximum absolute atomic E-state index is 11.1. The molecule has 0 atom stereocenters. The topological polar surface area (TPSA) is 59.0 Å². The quantitative estimate of drug-likeness (QED) is 0.684. The monoisotopic (exact) mass is 238 g/mol. The van der Waals surface area contributed by atoms with Crippen LogP contribution in [0.25, 0.3) is 0 Å². The van der Waals surface area contributed by atoms with Crippen LogP contribution in [0.1, 0.15) is 24.7 Å². The summed E-state index contributed by atoms with van der Waals surface area (Å²) in [4.78, 5) is 11.1. The van der Waals surface area contributed by atoms with Crippen molar-refractivity contribution in [3.05, 3.63) is 17.5 Å². The van der Waals surface area contributed by atoms with Gasteiger partial charge in [0.2, 0.25) is 5.91 Å². The fourth-order valence-electron chi connectivity index (χ4n) is 1.72. The first-order valence-corrected chi connectivity index (χ1v) is 6.12. The van der Waals surface area contributed by atoms with E-state index in [1.807, 2.05) is 18.5 Å². The Morgan fingerprint density at radius 1 is 1.47 bits per heavy atom. The summed E-state index contributed by atoms with van der Waals surface area (Å²) in [5.41, 5.74) is 2.24. The summed E-state index contributed by atoms with van der Waals surface area (Å²) in [6, 6.07) is 2.07. The molecule has 0 saturated carbocycles. The molecule has 2 N–H and O–H groups in total. The number of likely N-dealkylation sites (N-methyl/N-ethyl adjacent to an activating group) is 1. The number of nitrogens with one attached hydrogen (secondary N) is 2. The lowest BCUT2D eigenvalue weighted by atomic mass is 10.4. The molecule has 5 nitrogen and oxygen atoms in total. The van der Waals surface area contributed by atoms with Crippen LogP contribution in [0.3, 0.4) is 0 Å². The molecule has 0 radical (unpaired) electrons. The molecule has 0 fully saturated rings. The molecule has 0 aliphatic rings. The Morgan fingerprint density at radius 2 is 2.24 bits per heavy atom. The Labute approximate surface area is 103 Å². The normalized spacial score (nSPS) is 10.5. The Bertz CT molecular complexity index is 359. The van der Waals surface area contributed by atoms with Crippen molar-refractivity contribution in [1.29, 1.82) is 0 Å². The van der Waals surface area contributed by atoms with Crippen molar-refractivity contribution in [2.45, 2.75) is 33.7 Å². The Hall–Kier alpha value is -1.36. The van der Waals surface area contributed by atoms with Crippen LogP contribution in [0.4, 0.5) is 0 Å². The van der Waals surface area contributed by atoms with Gasteiger partial charge in [-0.25, -0.2) is 0 Å². The molecule has 5 heteroatoms. The highest BCUT2D eigenvalue weighted by atomic mass is 16.1. The standard InChI is InChI=1S/C12H22N4O/c1-4-14-12(17)9-13-6-5-7-16-11(3)8-10(2)15-16/h8,13H,4-7,9H2,1-3H3,(H,14,17). The molecule has 96 valence electrons. The van der Waals surface area contributed by atoms with Gasteiger partial charge in [0, 0.05) is 18.8 Å². The van der Waals surface area contributed by atoms with Gasteiger partial charge in [-0.15, -0.1) is 0 Å². The molecule has 0 saturated heterocycles. The van der Waals surface area contributed by atoms with Gasteiger partial charge in [0.1, 0.15) is 0 Å². The lowest BCUT2D eigenvalue weighted by Crippen LogP contribution is -2.34. The van der Waals surface area contributed by atoms with Crippen molar-refractivity contribution in [2.75, 3.05) is 19.6 Å². The Morgan fingerprint density at radius 3 is 2.82 bits per heavy atom. The summed E-state index contributed by atoms with van der Waals surface area (Å²) >= 11 is 0. The van der Waals surface area contributed by atoms with Crippen molar-refractivity contribution in [3.63, 3.8) is 0 Å². The number of aromatic nitrogens is 2. The smallest absolute Gasteiger partial charge is 0.233 e. The zero-order chi connectivity index (χ0) is 12.7. The third-order valence-corrected chi connectivity index (χ3v) is 2.49. The van der Waals surface area contributed by atoms with Crippen molar-refractivity contribution in [3.8, 4) is 0 Å². The number of aryl methyl sites for hydroxylation is 3. The van der Waals surface area contributed by atoms with E-state index >= 15 is 0 Å². The second-order valence-corrected chi connectivity index (χ2v) is 4.13. The van der Waals surface area contributed by atoms with E-state index in [0.717, 1.165) is 25.2 Å². The van der Waals surface area contributed by atoms with Crippen molar-refractivity contribution in [2.24, 2.45) is 0 Å². The highest BCUT2D eigenvalue weighted by Crippen LogP contribution is 2.01. The van der Waals surface area contributed by atoms with Crippen molar-refractivity contribution < 1.29 is 4.79 Å². The maximum Gasteiger partial charge on any atom is 0.233 e. The number of hydrogen-bond donors (Lipinski definition) is 2. The van der Waals surface area contributed by atoms with Crippen LogP contribution < -0.4 is 10.6 Å². The molecule has 1 amide bonds. The molecule has 0 aromatic carbocycles. The summed E-state index contributed by atoms with van der Waals surface area (Å²) in [5, 5.41) is 10.2. The molecule has 0 spiro atoms. The van der Waals surface area contributed by atoms with Crippen LogP contribution >= 0.6 is 0 Å². The minimum Gasteiger partial charge on any atom is -0.355 e. The van der Waals surface area contributed by atoms with Crippen LogP contribution in [0, 0.1) is 13.8 Å². The van der Waals surface area contributed by atoms with Gasteiger partial charge in [0.05, 0.1) is 12.2 Å². The Kier molecular flexibility index (Phi) is 5.69. The lowest BCUT2D eigenvalue weighted by molar-refractivity contribution is -0.120. The van der Waals surface area contributed by atoms with E-state index in [-0.39, 0.29) is 5.91 Å². The van der Waals surface area contributed by atoms with E-state index in [2.05, 4.69) is 28.7 Å². The first-order chi connectivity index (χ1) is 8.13. The highest BCUT2D eigenvalue weighted by Gasteiger charge is 2.01. The third kappa shape index (κ3) is 4.99. The molecule has 0 aliphatic carbocycles. The average Bonchev–Trinajstić information content (AvgIpc) is 2.57. The number of carbonyl (C=O) groups excluding carboxylic acids is 1. The first kappa shape index (κ1) is 13.7. The van der Waals surface area contributed by atoms with Gasteiger partial charge in [0.15, 0.2) is 0 Å². The second kappa shape index (κ2) is 7.06. The molecule has 1 aromatic heterocycles. The van der Waals surface area contributed by atoms with Crippen LogP contribution in [-0.4, -0.2) is 35.3 Å². The number of nitrogens with zero attached hydrogens (tertiary/aromatic N) is 2. The zero-order valence-electron chi connectivity index (χ0n) is 10.9. The number of amides is 1. The van der Waals surface area contributed by atoms with E-state index < -0.39 is 0 Å². The molecule has 1 rings (SSSR count). The van der Waals surface area contributed by atoms with Gasteiger partial charge >= 0.3 is 0 Å². The van der Waals surface area contributed by atoms with Crippen LogP contribution in [-0.2, 0) is 11.3 Å². The summed E-state index contributed by atoms with van der Waals surface area (Å²) < 4.78 is 2.00.